The molecule has 0 bridgehead atoms. The fourth-order valence-corrected chi connectivity index (χ4v) is 2.33. The summed E-state index contributed by atoms with van der Waals surface area (Å²) in [6, 6.07) is 3.34. The van der Waals surface area contributed by atoms with Gasteiger partial charge in [-0.25, -0.2) is 0 Å². The number of nitrogen functional groups attached to an aromatic ring is 1. The Balaban J connectivity index is 1.91. The second-order valence-corrected chi connectivity index (χ2v) is 4.72. The maximum absolute atomic E-state index is 12.5. The van der Waals surface area contributed by atoms with Crippen molar-refractivity contribution in [2.45, 2.75) is 13.0 Å². The molecule has 1 atom stereocenters. The summed E-state index contributed by atoms with van der Waals surface area (Å²) >= 11 is 0. The van der Waals surface area contributed by atoms with Gasteiger partial charge in [-0.1, -0.05) is 0 Å². The largest absolute Gasteiger partial charge is 0.454 e. The van der Waals surface area contributed by atoms with Crippen molar-refractivity contribution < 1.29 is 19.0 Å². The van der Waals surface area contributed by atoms with Crippen molar-refractivity contribution in [3.63, 3.8) is 0 Å². The van der Waals surface area contributed by atoms with Crippen molar-refractivity contribution >= 4 is 11.6 Å². The Bertz CT molecular complexity index is 518. The van der Waals surface area contributed by atoms with E-state index in [-0.39, 0.29) is 18.7 Å². The Kier molecular flexibility index (Phi) is 2.94. The predicted octanol–water partition coefficient (Wildman–Crippen LogP) is 0.858. The van der Waals surface area contributed by atoms with Crippen LogP contribution in [0.2, 0.25) is 0 Å². The summed E-state index contributed by atoms with van der Waals surface area (Å²) in [6.07, 6.45) is 0. The number of hydrogen-bond donors (Lipinski definition) is 1. The second-order valence-electron chi connectivity index (χ2n) is 4.72. The number of anilines is 1. The van der Waals surface area contributed by atoms with E-state index >= 15 is 0 Å². The summed E-state index contributed by atoms with van der Waals surface area (Å²) < 4.78 is 15.9. The quantitative estimate of drug-likeness (QED) is 0.761. The number of hydrogen-bond acceptors (Lipinski definition) is 5. The van der Waals surface area contributed by atoms with Gasteiger partial charge < -0.3 is 24.8 Å². The lowest BCUT2D eigenvalue weighted by atomic mass is 10.1. The Hall–Kier alpha value is -1.95. The SMILES string of the molecule is C[C@@H]1COCCN1C(=O)c1cc2c(cc1N)OCO2. The second kappa shape index (κ2) is 4.62. The number of nitrogens with zero attached hydrogens (tertiary/aromatic N) is 1. The van der Waals surface area contributed by atoms with Crippen LogP contribution in [0, 0.1) is 0 Å². The molecule has 0 unspecified atom stereocenters. The molecule has 19 heavy (non-hydrogen) atoms. The molecule has 102 valence electrons. The smallest absolute Gasteiger partial charge is 0.256 e. The number of ether oxygens (including phenoxy) is 3. The molecule has 2 aliphatic heterocycles. The van der Waals surface area contributed by atoms with Gasteiger partial charge in [0.1, 0.15) is 0 Å². The summed E-state index contributed by atoms with van der Waals surface area (Å²) in [5.74, 6) is 1.06. The third-order valence-corrected chi connectivity index (χ3v) is 3.40. The lowest BCUT2D eigenvalue weighted by Crippen LogP contribution is -2.47. The van der Waals surface area contributed by atoms with Crippen LogP contribution >= 0.6 is 0 Å². The van der Waals surface area contributed by atoms with Gasteiger partial charge in [0.05, 0.1) is 24.8 Å². The molecule has 1 aromatic carbocycles. The van der Waals surface area contributed by atoms with E-state index in [0.717, 1.165) is 0 Å². The molecule has 0 aromatic heterocycles. The number of amides is 1. The summed E-state index contributed by atoms with van der Waals surface area (Å²) in [5.41, 5.74) is 6.80. The number of nitrogens with two attached hydrogens (primary N) is 1. The lowest BCUT2D eigenvalue weighted by molar-refractivity contribution is 0.00364. The molecule has 1 amide bonds. The zero-order valence-corrected chi connectivity index (χ0v) is 10.7. The molecular formula is C13H16N2O4. The van der Waals surface area contributed by atoms with Crippen molar-refractivity contribution in [3.8, 4) is 11.5 Å². The van der Waals surface area contributed by atoms with Gasteiger partial charge in [0, 0.05) is 18.3 Å². The molecule has 2 heterocycles. The van der Waals surface area contributed by atoms with Crippen LogP contribution in [0.1, 0.15) is 17.3 Å². The first-order valence-electron chi connectivity index (χ1n) is 6.24. The van der Waals surface area contributed by atoms with Gasteiger partial charge in [-0.2, -0.15) is 0 Å². The molecule has 3 rings (SSSR count). The predicted molar refractivity (Wildman–Crippen MR) is 68.3 cm³/mol. The van der Waals surface area contributed by atoms with Crippen molar-refractivity contribution in [2.24, 2.45) is 0 Å². The molecule has 0 radical (unpaired) electrons. The first kappa shape index (κ1) is 12.1. The van der Waals surface area contributed by atoms with Crippen LogP contribution in [-0.4, -0.2) is 43.4 Å². The summed E-state index contributed by atoms with van der Waals surface area (Å²) in [5, 5.41) is 0. The zero-order valence-electron chi connectivity index (χ0n) is 10.7. The minimum absolute atomic E-state index is 0.0473. The molecule has 1 saturated heterocycles. The van der Waals surface area contributed by atoms with Crippen LogP contribution in [0.25, 0.3) is 0 Å². The summed E-state index contributed by atoms with van der Waals surface area (Å²) in [7, 11) is 0. The zero-order chi connectivity index (χ0) is 13.4. The fraction of sp³-hybridized carbons (Fsp3) is 0.462. The monoisotopic (exact) mass is 264 g/mol. The van der Waals surface area contributed by atoms with Crippen LogP contribution in [0.3, 0.4) is 0 Å². The molecule has 0 aliphatic carbocycles. The highest BCUT2D eigenvalue weighted by Crippen LogP contribution is 2.36. The minimum Gasteiger partial charge on any atom is -0.454 e. The van der Waals surface area contributed by atoms with E-state index in [9.17, 15) is 4.79 Å². The van der Waals surface area contributed by atoms with Gasteiger partial charge in [0.2, 0.25) is 6.79 Å². The topological polar surface area (TPSA) is 74.0 Å². The van der Waals surface area contributed by atoms with Gasteiger partial charge in [-0.3, -0.25) is 4.79 Å². The highest BCUT2D eigenvalue weighted by atomic mass is 16.7. The van der Waals surface area contributed by atoms with Gasteiger partial charge in [0.15, 0.2) is 11.5 Å². The van der Waals surface area contributed by atoms with E-state index in [4.69, 9.17) is 19.9 Å². The number of carbonyl (C=O) groups excluding carboxylic acids is 1. The van der Waals surface area contributed by atoms with Crippen molar-refractivity contribution in [1.82, 2.24) is 4.90 Å². The van der Waals surface area contributed by atoms with Gasteiger partial charge in [-0.05, 0) is 13.0 Å². The maximum atomic E-state index is 12.5. The first-order chi connectivity index (χ1) is 9.16. The standard InChI is InChI=1S/C13H16N2O4/c1-8-6-17-3-2-15(8)13(16)9-4-11-12(5-10(9)14)19-7-18-11/h4-5,8H,2-3,6-7,14H2,1H3/t8-/m1/s1. The van der Waals surface area contributed by atoms with E-state index in [1.807, 2.05) is 6.92 Å². The Morgan fingerprint density at radius 1 is 1.37 bits per heavy atom. The average molecular weight is 264 g/mol. The third-order valence-electron chi connectivity index (χ3n) is 3.40. The highest BCUT2D eigenvalue weighted by molar-refractivity contribution is 6.00. The molecule has 6 heteroatoms. The molecule has 1 fully saturated rings. The lowest BCUT2D eigenvalue weighted by Gasteiger charge is -2.33. The molecule has 0 saturated carbocycles. The van der Waals surface area contributed by atoms with E-state index < -0.39 is 0 Å². The Labute approximate surface area is 111 Å². The molecular weight excluding hydrogens is 248 g/mol. The number of rotatable bonds is 1. The highest BCUT2D eigenvalue weighted by Gasteiger charge is 2.28. The van der Waals surface area contributed by atoms with Crippen molar-refractivity contribution in [3.05, 3.63) is 17.7 Å². The van der Waals surface area contributed by atoms with Crippen LogP contribution in [0.5, 0.6) is 11.5 Å². The number of benzene rings is 1. The van der Waals surface area contributed by atoms with E-state index in [1.54, 1.807) is 17.0 Å². The molecule has 0 spiro atoms. The maximum Gasteiger partial charge on any atom is 0.256 e. The van der Waals surface area contributed by atoms with E-state index in [2.05, 4.69) is 0 Å². The summed E-state index contributed by atoms with van der Waals surface area (Å²) in [4.78, 5) is 14.3. The average Bonchev–Trinajstić information content (AvgIpc) is 2.84. The Morgan fingerprint density at radius 2 is 2.11 bits per heavy atom. The number of carbonyl (C=O) groups is 1. The third kappa shape index (κ3) is 2.08. The molecule has 1 aromatic rings. The van der Waals surface area contributed by atoms with Crippen LogP contribution in [-0.2, 0) is 4.74 Å². The van der Waals surface area contributed by atoms with Crippen molar-refractivity contribution in [2.75, 3.05) is 32.3 Å². The van der Waals surface area contributed by atoms with Gasteiger partial charge >= 0.3 is 0 Å². The van der Waals surface area contributed by atoms with E-state index in [0.29, 0.717) is 42.5 Å². The summed E-state index contributed by atoms with van der Waals surface area (Å²) in [6.45, 7) is 3.81. The first-order valence-corrected chi connectivity index (χ1v) is 6.24. The minimum atomic E-state index is -0.0911. The molecule has 6 nitrogen and oxygen atoms in total. The molecule has 2 aliphatic rings. The van der Waals surface area contributed by atoms with Crippen LogP contribution < -0.4 is 15.2 Å². The Morgan fingerprint density at radius 3 is 2.84 bits per heavy atom. The fourth-order valence-electron chi connectivity index (χ4n) is 2.33. The number of morpholine rings is 1. The van der Waals surface area contributed by atoms with Gasteiger partial charge in [-0.15, -0.1) is 0 Å². The molecule has 2 N–H and O–H groups in total. The van der Waals surface area contributed by atoms with Crippen LogP contribution in [0.15, 0.2) is 12.1 Å². The van der Waals surface area contributed by atoms with Crippen molar-refractivity contribution in [1.29, 1.82) is 0 Å². The van der Waals surface area contributed by atoms with Gasteiger partial charge in [0.25, 0.3) is 5.91 Å². The number of fused-ring (bicyclic) bond motifs is 1. The van der Waals surface area contributed by atoms with E-state index in [1.165, 1.54) is 0 Å². The van der Waals surface area contributed by atoms with Crippen LogP contribution in [0.4, 0.5) is 5.69 Å². The normalized spacial score (nSPS) is 21.5.